The molecule has 0 aromatic carbocycles. The maximum absolute atomic E-state index is 9.76. The van der Waals surface area contributed by atoms with Gasteiger partial charge in [-0.3, -0.25) is 9.04 Å². The van der Waals surface area contributed by atoms with Gasteiger partial charge >= 0.3 is 9.17 Å². The van der Waals surface area contributed by atoms with Gasteiger partial charge in [-0.15, -0.1) is 0 Å². The number of hydrogen-bond acceptors (Lipinski definition) is 3. The Balaban J connectivity index is 2.82. The minimum atomic E-state index is -2.81. The zero-order chi connectivity index (χ0) is 6.41. The maximum Gasteiger partial charge on any atom is 0.797 e. The van der Waals surface area contributed by atoms with E-state index >= 15 is 0 Å². The number of hydrogen-bond donors (Lipinski definition) is 1. The average molecular weight is 184 g/mol. The molecule has 0 unspecified atom stereocenters. The van der Waals surface area contributed by atoms with Crippen LogP contribution in [0.3, 0.4) is 0 Å². The summed E-state index contributed by atoms with van der Waals surface area (Å²) in [5.74, 6) is 0. The van der Waals surface area contributed by atoms with E-state index in [1.807, 2.05) is 0 Å². The SMILES string of the molecule is O=[Si](O)OO[SiH2][SiH2][SiH3]. The van der Waals surface area contributed by atoms with Gasteiger partial charge in [0, 0.05) is 8.55 Å². The minimum Gasteiger partial charge on any atom is -0.510 e. The normalized spacial score (nSPS) is 12.0. The second kappa shape index (κ2) is 5.37. The van der Waals surface area contributed by atoms with E-state index in [4.69, 9.17) is 4.80 Å². The van der Waals surface area contributed by atoms with Crippen molar-refractivity contribution in [1.82, 2.24) is 0 Å². The molecule has 0 aromatic heterocycles. The molecule has 0 amide bonds. The van der Waals surface area contributed by atoms with E-state index < -0.39 is 18.5 Å². The molecule has 0 fully saturated rings. The Morgan fingerprint density at radius 1 is 1.75 bits per heavy atom. The monoisotopic (exact) mass is 184 g/mol. The zero-order valence-electron chi connectivity index (χ0n) is 4.59. The van der Waals surface area contributed by atoms with Crippen LogP contribution in [0.25, 0.3) is 0 Å². The van der Waals surface area contributed by atoms with E-state index in [-0.39, 0.29) is 8.55 Å². The minimum absolute atomic E-state index is 0.0679. The third kappa shape index (κ3) is 6.23. The summed E-state index contributed by atoms with van der Waals surface area (Å²) < 4.78 is 18.2. The molecule has 4 nitrogen and oxygen atoms in total. The largest absolute Gasteiger partial charge is 0.797 e. The standard InChI is InChI=1S/H8O4Si4/c1-8(2)4-3-6-7-5/h1H,6-7H2,5H3. The highest BCUT2D eigenvalue weighted by atomic mass is 29.5. The molecular weight excluding hydrogens is 176 g/mol. The lowest BCUT2D eigenvalue weighted by atomic mass is 14.9. The van der Waals surface area contributed by atoms with Crippen molar-refractivity contribution in [2.45, 2.75) is 0 Å². The zero-order valence-corrected chi connectivity index (χ0v) is 10.4. The van der Waals surface area contributed by atoms with Gasteiger partial charge < -0.3 is 9.37 Å². The second-order valence-corrected chi connectivity index (χ2v) is 16.7. The van der Waals surface area contributed by atoms with Gasteiger partial charge in [0.1, 0.15) is 0 Å². The molecule has 0 aliphatic heterocycles. The van der Waals surface area contributed by atoms with Crippen LogP contribution in [0.2, 0.25) is 0 Å². The highest BCUT2D eigenvalue weighted by Crippen LogP contribution is 1.68. The summed E-state index contributed by atoms with van der Waals surface area (Å²) in [6.07, 6.45) is 0. The van der Waals surface area contributed by atoms with Crippen molar-refractivity contribution >= 4 is 36.8 Å². The number of rotatable bonds is 4. The smallest absolute Gasteiger partial charge is 0.510 e. The van der Waals surface area contributed by atoms with Crippen molar-refractivity contribution in [3.05, 3.63) is 0 Å². The highest BCUT2D eigenvalue weighted by molar-refractivity contribution is 7.21. The van der Waals surface area contributed by atoms with E-state index in [0.29, 0.717) is 0 Å². The molecule has 8 heavy (non-hydrogen) atoms. The lowest BCUT2D eigenvalue weighted by molar-refractivity contribution is -0.122. The first-order chi connectivity index (χ1) is 3.77. The molecule has 1 N–H and O–H groups in total. The Morgan fingerprint density at radius 2 is 2.38 bits per heavy atom. The topological polar surface area (TPSA) is 55.8 Å². The van der Waals surface area contributed by atoms with E-state index in [1.54, 1.807) is 0 Å². The molecular formula is H8O4Si4. The molecule has 0 rings (SSSR count). The Morgan fingerprint density at radius 3 is 2.75 bits per heavy atom. The van der Waals surface area contributed by atoms with Crippen LogP contribution in [0.15, 0.2) is 0 Å². The van der Waals surface area contributed by atoms with E-state index in [2.05, 4.69) is 9.15 Å². The fourth-order valence-electron chi connectivity index (χ4n) is 0.175. The fourth-order valence-corrected chi connectivity index (χ4v) is 3.83. The maximum atomic E-state index is 9.76. The van der Waals surface area contributed by atoms with E-state index in [9.17, 15) is 4.46 Å². The Hall–Kier alpha value is 0.228. The second-order valence-electron chi connectivity index (χ2n) is 1.17. The highest BCUT2D eigenvalue weighted by Gasteiger charge is 2.02. The lowest BCUT2D eigenvalue weighted by Crippen LogP contribution is -2.13. The third-order valence-corrected chi connectivity index (χ3v) is 7.01. The molecule has 0 spiro atoms. The molecule has 8 heteroatoms. The molecule has 0 saturated carbocycles. The van der Waals surface area contributed by atoms with Gasteiger partial charge in [-0.1, -0.05) is 0 Å². The van der Waals surface area contributed by atoms with Crippen molar-refractivity contribution in [2.75, 3.05) is 0 Å². The molecule has 0 aliphatic carbocycles. The molecule has 0 aliphatic rings. The van der Waals surface area contributed by atoms with Crippen LogP contribution in [0, 0.1) is 0 Å². The van der Waals surface area contributed by atoms with Crippen molar-refractivity contribution in [1.29, 1.82) is 0 Å². The molecule has 0 heterocycles. The summed E-state index contributed by atoms with van der Waals surface area (Å²) in [4.78, 5) is 8.03. The summed E-state index contributed by atoms with van der Waals surface area (Å²) in [6, 6.07) is 0. The van der Waals surface area contributed by atoms with Gasteiger partial charge in [-0.25, -0.2) is 0 Å². The third-order valence-electron chi connectivity index (χ3n) is 0.418. The van der Waals surface area contributed by atoms with Gasteiger partial charge in [0.25, 0.3) is 0 Å². The summed E-state index contributed by atoms with van der Waals surface area (Å²) >= 11 is 0. The fraction of sp³-hybridized carbons (Fsp3) is 0. The molecule has 0 atom stereocenters. The first-order valence-electron chi connectivity index (χ1n) is 2.29. The van der Waals surface area contributed by atoms with Crippen LogP contribution in [0.5, 0.6) is 0 Å². The van der Waals surface area contributed by atoms with Crippen LogP contribution >= 0.6 is 0 Å². The summed E-state index contributed by atoms with van der Waals surface area (Å²) in [5.41, 5.74) is 0. The van der Waals surface area contributed by atoms with Crippen LogP contribution < -0.4 is 0 Å². The summed E-state index contributed by atoms with van der Waals surface area (Å²) in [7, 11) is -1.99. The summed E-state index contributed by atoms with van der Waals surface area (Å²) in [6.45, 7) is 0. The van der Waals surface area contributed by atoms with Gasteiger partial charge in [0.05, 0.1) is 0 Å². The Bertz CT molecular complexity index is 70.4. The van der Waals surface area contributed by atoms with Crippen LogP contribution in [0.4, 0.5) is 0 Å². The quantitative estimate of drug-likeness (QED) is 0.208. The van der Waals surface area contributed by atoms with E-state index in [1.165, 1.54) is 9.76 Å². The van der Waals surface area contributed by atoms with Crippen molar-refractivity contribution in [3.8, 4) is 0 Å². The van der Waals surface area contributed by atoms with Crippen molar-refractivity contribution in [2.24, 2.45) is 0 Å². The van der Waals surface area contributed by atoms with Gasteiger partial charge in [-0.2, -0.15) is 0 Å². The van der Waals surface area contributed by atoms with Crippen LogP contribution in [-0.2, 0) is 13.6 Å². The first-order valence-corrected chi connectivity index (χ1v) is 13.8. The predicted octanol–water partition coefficient (Wildman–Crippen LogP) is -4.21. The van der Waals surface area contributed by atoms with Crippen molar-refractivity contribution in [3.63, 3.8) is 0 Å². The van der Waals surface area contributed by atoms with Gasteiger partial charge in [0.2, 0.25) is 0 Å². The first kappa shape index (κ1) is 8.23. The lowest BCUT2D eigenvalue weighted by Gasteiger charge is -1.94. The summed E-state index contributed by atoms with van der Waals surface area (Å²) in [5, 5.41) is 0. The molecule has 0 bridgehead atoms. The average Bonchev–Trinajstić information content (AvgIpc) is 1.66. The molecule has 48 valence electrons. The van der Waals surface area contributed by atoms with Gasteiger partial charge in [0.15, 0.2) is 9.28 Å². The predicted molar refractivity (Wildman–Crippen MR) is 37.9 cm³/mol. The molecule has 0 aromatic rings. The molecule has 0 saturated heterocycles. The van der Waals surface area contributed by atoms with Gasteiger partial charge in [-0.05, 0) is 9.76 Å². The van der Waals surface area contributed by atoms with Crippen LogP contribution in [0.1, 0.15) is 0 Å². The Labute approximate surface area is 55.8 Å². The molecule has 0 radical (unpaired) electrons. The van der Waals surface area contributed by atoms with E-state index in [0.717, 1.165) is 0 Å². The van der Waals surface area contributed by atoms with Crippen LogP contribution in [-0.4, -0.2) is 41.6 Å². The van der Waals surface area contributed by atoms with Crippen molar-refractivity contribution < 1.29 is 18.4 Å². The Kier molecular flexibility index (Phi) is 5.52.